The third kappa shape index (κ3) is 3.38. The smallest absolute Gasteiger partial charge is 0.139 e. The number of hydrogen-bond donors (Lipinski definition) is 1. The fourth-order valence-electron chi connectivity index (χ4n) is 6.07. The van der Waals surface area contributed by atoms with Crippen molar-refractivity contribution in [3.8, 4) is 0 Å². The van der Waals surface area contributed by atoms with Crippen LogP contribution >= 0.6 is 0 Å². The summed E-state index contributed by atoms with van der Waals surface area (Å²) in [5.74, 6) is 0.581. The molecule has 4 saturated carbocycles. The molecule has 4 aliphatic rings. The van der Waals surface area contributed by atoms with Crippen LogP contribution in [0.5, 0.6) is 0 Å². The fourth-order valence-corrected chi connectivity index (χ4v) is 6.07. The van der Waals surface area contributed by atoms with E-state index in [-0.39, 0.29) is 11.0 Å². The molecule has 2 spiro atoms. The highest BCUT2D eigenvalue weighted by atomic mass is 16.3. The molecular weight excluding hydrogens is 284 g/mol. The van der Waals surface area contributed by atoms with Gasteiger partial charge in [-0.15, -0.1) is 0 Å². The predicted octanol–water partition coefficient (Wildman–Crippen LogP) is 5.56. The first-order valence-electron chi connectivity index (χ1n) is 10.3. The Hall–Kier alpha value is -0.370. The summed E-state index contributed by atoms with van der Waals surface area (Å²) in [6, 6.07) is 0. The Bertz CT molecular complexity index is 412. The molecule has 1 N–H and O–H groups in total. The van der Waals surface area contributed by atoms with Crippen molar-refractivity contribution in [1.82, 2.24) is 0 Å². The second kappa shape index (κ2) is 6.86. The molecule has 0 aliphatic heterocycles. The van der Waals surface area contributed by atoms with Crippen LogP contribution in [0.25, 0.3) is 0 Å². The number of Topliss-reactive ketones (excluding diaryl/α,β-unsaturated/α-hetero) is 1. The van der Waals surface area contributed by atoms with Crippen molar-refractivity contribution in [1.29, 1.82) is 0 Å². The van der Waals surface area contributed by atoms with E-state index in [1.54, 1.807) is 0 Å². The molecule has 0 radical (unpaired) electrons. The van der Waals surface area contributed by atoms with Gasteiger partial charge in [0.05, 0.1) is 5.60 Å². The maximum atomic E-state index is 11.6. The molecule has 2 nitrogen and oxygen atoms in total. The normalized spacial score (nSPS) is 35.3. The van der Waals surface area contributed by atoms with Crippen LogP contribution < -0.4 is 0 Å². The lowest BCUT2D eigenvalue weighted by Crippen LogP contribution is -2.42. The van der Waals surface area contributed by atoms with Crippen molar-refractivity contribution >= 4 is 5.78 Å². The first kappa shape index (κ1) is 17.5. The summed E-state index contributed by atoms with van der Waals surface area (Å²) >= 11 is 0. The van der Waals surface area contributed by atoms with Gasteiger partial charge >= 0.3 is 0 Å². The number of hydrogen-bond acceptors (Lipinski definition) is 2. The van der Waals surface area contributed by atoms with Crippen LogP contribution in [0.1, 0.15) is 110 Å². The molecule has 1 unspecified atom stereocenters. The minimum atomic E-state index is -0.340. The van der Waals surface area contributed by atoms with Gasteiger partial charge in [-0.1, -0.05) is 38.5 Å². The van der Waals surface area contributed by atoms with Gasteiger partial charge < -0.3 is 5.11 Å². The number of aliphatic hydroxyl groups is 1. The van der Waals surface area contributed by atoms with Crippen LogP contribution in [0.2, 0.25) is 0 Å². The van der Waals surface area contributed by atoms with Crippen LogP contribution in [-0.2, 0) is 4.79 Å². The molecule has 4 fully saturated rings. The highest BCUT2D eigenvalue weighted by molar-refractivity contribution is 5.86. The summed E-state index contributed by atoms with van der Waals surface area (Å²) in [5.41, 5.74) is 0.178. The summed E-state index contributed by atoms with van der Waals surface area (Å²) in [4.78, 5) is 11.6. The van der Waals surface area contributed by atoms with E-state index in [4.69, 9.17) is 0 Å². The Labute approximate surface area is 142 Å². The number of ketones is 1. The predicted molar refractivity (Wildman–Crippen MR) is 94.4 cm³/mol. The summed E-state index contributed by atoms with van der Waals surface area (Å²) in [6.45, 7) is 2.06. The van der Waals surface area contributed by atoms with Gasteiger partial charge in [-0.2, -0.15) is 0 Å². The molecule has 0 amide bonds. The van der Waals surface area contributed by atoms with Crippen molar-refractivity contribution in [2.75, 3.05) is 0 Å². The standard InChI is InChI=1S/C11H20O.C10H16O/c1-10(12)6-5-9-11(10)7-3-2-4-8-11;11-9-5-4-8-10(9)6-2-1-3-7-10/h12H,2-9H2,1H3;1-8H2. The van der Waals surface area contributed by atoms with Gasteiger partial charge in [0.2, 0.25) is 0 Å². The van der Waals surface area contributed by atoms with Gasteiger partial charge in [0.15, 0.2) is 0 Å². The van der Waals surface area contributed by atoms with Crippen molar-refractivity contribution in [2.45, 2.75) is 115 Å². The lowest BCUT2D eigenvalue weighted by Gasteiger charge is -2.43. The summed E-state index contributed by atoms with van der Waals surface area (Å²) < 4.78 is 0. The molecule has 4 aliphatic carbocycles. The molecular formula is C21H36O2. The molecule has 0 aromatic rings. The Morgan fingerprint density at radius 2 is 1.22 bits per heavy atom. The average Bonchev–Trinajstić information content (AvgIpc) is 3.03. The zero-order valence-corrected chi connectivity index (χ0v) is 15.2. The fraction of sp³-hybridized carbons (Fsp3) is 0.952. The summed E-state index contributed by atoms with van der Waals surface area (Å²) in [6.07, 6.45) is 19.8. The second-order valence-electron chi connectivity index (χ2n) is 9.09. The molecule has 0 bridgehead atoms. The minimum Gasteiger partial charge on any atom is -0.390 e. The van der Waals surface area contributed by atoms with Crippen LogP contribution in [0.15, 0.2) is 0 Å². The topological polar surface area (TPSA) is 37.3 Å². The van der Waals surface area contributed by atoms with Crippen molar-refractivity contribution in [3.63, 3.8) is 0 Å². The molecule has 0 aromatic heterocycles. The van der Waals surface area contributed by atoms with Crippen molar-refractivity contribution in [3.05, 3.63) is 0 Å². The van der Waals surface area contributed by atoms with E-state index >= 15 is 0 Å². The van der Waals surface area contributed by atoms with E-state index in [1.807, 2.05) is 0 Å². The molecule has 132 valence electrons. The van der Waals surface area contributed by atoms with E-state index < -0.39 is 0 Å². The van der Waals surface area contributed by atoms with Crippen molar-refractivity contribution < 1.29 is 9.90 Å². The molecule has 1 atom stereocenters. The molecule has 2 heteroatoms. The molecule has 4 rings (SSSR count). The Morgan fingerprint density at radius 1 is 0.696 bits per heavy atom. The van der Waals surface area contributed by atoms with Crippen LogP contribution in [0.4, 0.5) is 0 Å². The molecule has 23 heavy (non-hydrogen) atoms. The third-order valence-corrected chi connectivity index (χ3v) is 7.73. The quantitative estimate of drug-likeness (QED) is 0.634. The maximum Gasteiger partial charge on any atom is 0.139 e. The summed E-state index contributed by atoms with van der Waals surface area (Å²) in [5, 5.41) is 10.3. The van der Waals surface area contributed by atoms with Gasteiger partial charge in [0.25, 0.3) is 0 Å². The maximum absolute atomic E-state index is 11.6. The van der Waals surface area contributed by atoms with E-state index in [0.717, 1.165) is 12.8 Å². The zero-order chi connectivity index (χ0) is 16.4. The van der Waals surface area contributed by atoms with Gasteiger partial charge in [-0.25, -0.2) is 0 Å². The van der Waals surface area contributed by atoms with Gasteiger partial charge in [-0.3, -0.25) is 4.79 Å². The Balaban J connectivity index is 0.000000136. The van der Waals surface area contributed by atoms with Crippen LogP contribution in [-0.4, -0.2) is 16.5 Å². The van der Waals surface area contributed by atoms with Gasteiger partial charge in [-0.05, 0) is 70.1 Å². The Kier molecular flexibility index (Phi) is 5.21. The van der Waals surface area contributed by atoms with Gasteiger partial charge in [0.1, 0.15) is 5.78 Å². The van der Waals surface area contributed by atoms with E-state index in [1.165, 1.54) is 89.9 Å². The van der Waals surface area contributed by atoms with E-state index in [0.29, 0.717) is 11.2 Å². The first-order valence-corrected chi connectivity index (χ1v) is 10.3. The highest BCUT2D eigenvalue weighted by Gasteiger charge is 2.50. The molecule has 0 heterocycles. The van der Waals surface area contributed by atoms with E-state index in [2.05, 4.69) is 6.92 Å². The van der Waals surface area contributed by atoms with E-state index in [9.17, 15) is 9.90 Å². The number of rotatable bonds is 0. The first-order chi connectivity index (χ1) is 11.0. The largest absolute Gasteiger partial charge is 0.390 e. The molecule has 0 saturated heterocycles. The second-order valence-corrected chi connectivity index (χ2v) is 9.09. The monoisotopic (exact) mass is 320 g/mol. The average molecular weight is 321 g/mol. The lowest BCUT2D eigenvalue weighted by molar-refractivity contribution is -0.127. The minimum absolute atomic E-state index is 0.193. The lowest BCUT2D eigenvalue weighted by atomic mass is 9.66. The van der Waals surface area contributed by atoms with Crippen molar-refractivity contribution in [2.24, 2.45) is 10.8 Å². The van der Waals surface area contributed by atoms with Crippen LogP contribution in [0, 0.1) is 10.8 Å². The zero-order valence-electron chi connectivity index (χ0n) is 15.2. The number of carbonyl (C=O) groups is 1. The van der Waals surface area contributed by atoms with Gasteiger partial charge in [0, 0.05) is 11.8 Å². The number of carbonyl (C=O) groups excluding carboxylic acids is 1. The summed E-state index contributed by atoms with van der Waals surface area (Å²) in [7, 11) is 0. The highest BCUT2D eigenvalue weighted by Crippen LogP contribution is 2.54. The molecule has 0 aromatic carbocycles. The Morgan fingerprint density at radius 3 is 1.70 bits per heavy atom. The third-order valence-electron chi connectivity index (χ3n) is 7.73. The van der Waals surface area contributed by atoms with Crippen LogP contribution in [0.3, 0.4) is 0 Å². The SMILES string of the molecule is CC1(O)CCCC12CCCCC2.O=C1CCCC12CCCCC2.